The molecule has 1 spiro atoms. The number of aliphatic carboxylic acids is 1. The molecule has 2 aliphatic carbocycles. The first kappa shape index (κ1) is 25.4. The lowest BCUT2D eigenvalue weighted by atomic mass is 9.50. The van der Waals surface area contributed by atoms with Gasteiger partial charge in [0, 0.05) is 23.7 Å². The van der Waals surface area contributed by atoms with Crippen LogP contribution in [0.15, 0.2) is 60.9 Å². The van der Waals surface area contributed by atoms with Crippen LogP contribution < -0.4 is 10.1 Å². The lowest BCUT2D eigenvalue weighted by Gasteiger charge is -2.56. The number of nitrogens with zero attached hydrogens (tertiary/aromatic N) is 3. The van der Waals surface area contributed by atoms with E-state index >= 15 is 0 Å². The molecular formula is C30H29ClN4O4. The molecular weight excluding hydrogens is 516 g/mol. The molecule has 2 saturated carbocycles. The Morgan fingerprint density at radius 3 is 2.59 bits per heavy atom. The number of amides is 1. The summed E-state index contributed by atoms with van der Waals surface area (Å²) in [4.78, 5) is 28.7. The Bertz CT molecular complexity index is 1550. The third-order valence-electron chi connectivity index (χ3n) is 8.04. The van der Waals surface area contributed by atoms with Crippen LogP contribution >= 0.6 is 11.6 Å². The number of pyridine rings is 1. The molecule has 0 saturated heterocycles. The first-order chi connectivity index (χ1) is 18.8. The predicted molar refractivity (Wildman–Crippen MR) is 148 cm³/mol. The Morgan fingerprint density at radius 2 is 1.87 bits per heavy atom. The molecule has 0 aliphatic heterocycles. The fourth-order valence-electron chi connectivity index (χ4n) is 6.11. The molecule has 0 unspecified atom stereocenters. The Kier molecular flexibility index (Phi) is 6.51. The predicted octanol–water partition coefficient (Wildman–Crippen LogP) is 5.57. The van der Waals surface area contributed by atoms with E-state index in [-0.39, 0.29) is 23.3 Å². The van der Waals surface area contributed by atoms with Gasteiger partial charge in [0.25, 0.3) is 5.91 Å². The van der Waals surface area contributed by atoms with Crippen LogP contribution in [0, 0.1) is 11.3 Å². The lowest BCUT2D eigenvalue weighted by molar-refractivity contribution is -0.155. The Balaban J connectivity index is 1.18. The number of halogens is 1. The quantitative estimate of drug-likeness (QED) is 0.300. The first-order valence-electron chi connectivity index (χ1n) is 13.2. The summed E-state index contributed by atoms with van der Waals surface area (Å²) in [5.41, 5.74) is 4.42. The van der Waals surface area contributed by atoms with E-state index in [0.29, 0.717) is 48.0 Å². The van der Waals surface area contributed by atoms with Crippen molar-refractivity contribution in [2.24, 2.45) is 11.3 Å². The summed E-state index contributed by atoms with van der Waals surface area (Å²) in [5.74, 6) is -0.518. The monoisotopic (exact) mass is 544 g/mol. The number of carbonyl (C=O) groups excluding carboxylic acids is 1. The fourth-order valence-corrected chi connectivity index (χ4v) is 6.31. The number of hydrogen-bond donors (Lipinski definition) is 2. The Hall–Kier alpha value is -3.91. The van der Waals surface area contributed by atoms with Crippen molar-refractivity contribution in [1.29, 1.82) is 0 Å². The second-order valence-electron chi connectivity index (χ2n) is 10.7. The molecule has 2 N–H and O–H groups in total. The normalized spacial score (nSPS) is 21.8. The molecule has 2 fully saturated rings. The summed E-state index contributed by atoms with van der Waals surface area (Å²) in [7, 11) is 0. The third-order valence-corrected chi connectivity index (χ3v) is 8.37. The fraction of sp³-hybridized carbons (Fsp3) is 0.333. The van der Waals surface area contributed by atoms with Gasteiger partial charge in [0.1, 0.15) is 0 Å². The second-order valence-corrected chi connectivity index (χ2v) is 11.1. The number of carbonyl (C=O) groups is 2. The van der Waals surface area contributed by atoms with Crippen LogP contribution in [0.2, 0.25) is 5.02 Å². The number of rotatable bonds is 8. The average Bonchev–Trinajstić information content (AvgIpc) is 3.30. The second kappa shape index (κ2) is 10.0. The Morgan fingerprint density at radius 1 is 1.10 bits per heavy atom. The third kappa shape index (κ3) is 4.85. The molecule has 0 atom stereocenters. The number of ether oxygens (including phenoxy) is 1. The van der Waals surface area contributed by atoms with Crippen molar-refractivity contribution < 1.29 is 19.4 Å². The zero-order chi connectivity index (χ0) is 27.1. The smallest absolute Gasteiger partial charge is 0.306 e. The van der Waals surface area contributed by atoms with Gasteiger partial charge in [-0.25, -0.2) is 4.98 Å². The molecule has 200 valence electrons. The van der Waals surface area contributed by atoms with E-state index < -0.39 is 5.97 Å². The zero-order valence-corrected chi connectivity index (χ0v) is 22.3. The maximum atomic E-state index is 13.3. The van der Waals surface area contributed by atoms with E-state index in [1.54, 1.807) is 24.5 Å². The van der Waals surface area contributed by atoms with Gasteiger partial charge in [0.05, 0.1) is 41.4 Å². The van der Waals surface area contributed by atoms with Gasteiger partial charge in [-0.3, -0.25) is 14.3 Å². The van der Waals surface area contributed by atoms with Gasteiger partial charge in [-0.05, 0) is 72.9 Å². The summed E-state index contributed by atoms with van der Waals surface area (Å²) in [6.45, 7) is 2.97. The highest BCUT2D eigenvalue weighted by atomic mass is 35.5. The van der Waals surface area contributed by atoms with Crippen LogP contribution in [0.5, 0.6) is 5.88 Å². The largest absolute Gasteiger partial charge is 0.481 e. The van der Waals surface area contributed by atoms with Gasteiger partial charge in [0.15, 0.2) is 0 Å². The number of fused-ring (bicyclic) bond motifs is 1. The molecule has 1 amide bonds. The van der Waals surface area contributed by atoms with Gasteiger partial charge in [-0.1, -0.05) is 35.9 Å². The Labute approximate surface area is 231 Å². The molecule has 2 aromatic heterocycles. The maximum Gasteiger partial charge on any atom is 0.306 e. The number of aromatic nitrogens is 3. The van der Waals surface area contributed by atoms with Crippen molar-refractivity contribution in [3.05, 3.63) is 77.1 Å². The van der Waals surface area contributed by atoms with E-state index in [1.807, 2.05) is 35.9 Å². The molecule has 0 radical (unpaired) electrons. The summed E-state index contributed by atoms with van der Waals surface area (Å²) < 4.78 is 7.34. The van der Waals surface area contributed by atoms with Crippen molar-refractivity contribution in [2.75, 3.05) is 6.61 Å². The van der Waals surface area contributed by atoms with Crippen molar-refractivity contribution in [2.45, 2.75) is 45.2 Å². The van der Waals surface area contributed by atoms with E-state index in [2.05, 4.69) is 27.5 Å². The highest BCUT2D eigenvalue weighted by Gasteiger charge is 2.55. The molecule has 2 aliphatic rings. The molecule has 2 aromatic carbocycles. The molecule has 4 aromatic rings. The number of hydrogen-bond acceptors (Lipinski definition) is 5. The first-order valence-corrected chi connectivity index (χ1v) is 13.6. The molecule has 39 heavy (non-hydrogen) atoms. The van der Waals surface area contributed by atoms with Crippen molar-refractivity contribution in [3.8, 4) is 17.0 Å². The van der Waals surface area contributed by atoms with Crippen LogP contribution in [-0.2, 0) is 11.3 Å². The average molecular weight is 545 g/mol. The molecule has 9 heteroatoms. The summed E-state index contributed by atoms with van der Waals surface area (Å²) in [6.07, 6.45) is 6.51. The number of carboxylic acids is 1. The molecule has 2 heterocycles. The maximum absolute atomic E-state index is 13.3. The van der Waals surface area contributed by atoms with Crippen LogP contribution in [0.1, 0.15) is 48.5 Å². The van der Waals surface area contributed by atoms with Crippen molar-refractivity contribution in [1.82, 2.24) is 20.1 Å². The topological polar surface area (TPSA) is 106 Å². The highest BCUT2D eigenvalue weighted by Crippen LogP contribution is 2.58. The number of carboxylic acid groups (broad SMARTS) is 1. The van der Waals surface area contributed by atoms with Crippen LogP contribution in [0.25, 0.3) is 22.0 Å². The minimum Gasteiger partial charge on any atom is -0.481 e. The van der Waals surface area contributed by atoms with Crippen molar-refractivity contribution in [3.63, 3.8) is 0 Å². The van der Waals surface area contributed by atoms with E-state index in [1.165, 1.54) is 0 Å². The minimum absolute atomic E-state index is 0.0540. The van der Waals surface area contributed by atoms with E-state index in [9.17, 15) is 14.7 Å². The van der Waals surface area contributed by atoms with Gasteiger partial charge in [0.2, 0.25) is 5.88 Å². The van der Waals surface area contributed by atoms with Crippen LogP contribution in [0.3, 0.4) is 0 Å². The highest BCUT2D eigenvalue weighted by molar-refractivity contribution is 6.36. The molecule has 8 nitrogen and oxygen atoms in total. The molecule has 6 rings (SSSR count). The van der Waals surface area contributed by atoms with Crippen molar-refractivity contribution >= 4 is 34.4 Å². The van der Waals surface area contributed by atoms with Crippen LogP contribution in [-0.4, -0.2) is 44.4 Å². The number of benzene rings is 2. The van der Waals surface area contributed by atoms with Gasteiger partial charge >= 0.3 is 5.97 Å². The minimum atomic E-state index is -0.715. The SMILES string of the molecule is CCOc1cc(-c2ccc(Cn3ncc4c(Cl)ccc(C(=O)NC5CC6(C5)CC(C(=O)O)C6)c43)cc2)ccn1. The van der Waals surface area contributed by atoms with Gasteiger partial charge in [-0.15, -0.1) is 0 Å². The summed E-state index contributed by atoms with van der Waals surface area (Å²) in [5, 5.41) is 18.2. The number of nitrogens with one attached hydrogen (secondary N) is 1. The standard InChI is InChI=1S/C30H29ClN4O4/c1-2-39-26-11-20(9-10-32-26)19-5-3-18(4-6-19)17-35-27-23(7-8-25(31)24(27)16-33-35)28(36)34-22-14-30(15-22)12-21(13-30)29(37)38/h3-11,16,21-22H,2,12-15,17H2,1H3,(H,34,36)(H,37,38). The lowest BCUT2D eigenvalue weighted by Crippen LogP contribution is -2.57. The van der Waals surface area contributed by atoms with E-state index in [4.69, 9.17) is 16.3 Å². The van der Waals surface area contributed by atoms with Gasteiger partial charge in [-0.2, -0.15) is 5.10 Å². The summed E-state index contributed by atoms with van der Waals surface area (Å²) in [6, 6.07) is 15.6. The zero-order valence-electron chi connectivity index (χ0n) is 21.6. The van der Waals surface area contributed by atoms with Gasteiger partial charge < -0.3 is 15.2 Å². The van der Waals surface area contributed by atoms with Crippen LogP contribution in [0.4, 0.5) is 0 Å². The summed E-state index contributed by atoms with van der Waals surface area (Å²) >= 11 is 6.47. The molecule has 0 bridgehead atoms. The van der Waals surface area contributed by atoms with E-state index in [0.717, 1.165) is 34.9 Å².